The van der Waals surface area contributed by atoms with Crippen molar-refractivity contribution in [1.29, 1.82) is 0 Å². The Hall–Kier alpha value is -1.72. The normalized spacial score (nSPS) is 21.8. The molecule has 0 saturated carbocycles. The summed E-state index contributed by atoms with van der Waals surface area (Å²) >= 11 is 0. The molecule has 0 amide bonds. The van der Waals surface area contributed by atoms with E-state index >= 15 is 0 Å². The molecule has 2 aromatic rings. The van der Waals surface area contributed by atoms with Gasteiger partial charge in [-0.15, -0.1) is 0 Å². The molecule has 4 nitrogen and oxygen atoms in total. The van der Waals surface area contributed by atoms with Gasteiger partial charge in [-0.3, -0.25) is 5.10 Å². The molecule has 0 aliphatic carbocycles. The minimum absolute atomic E-state index is 0.0820. The van der Waals surface area contributed by atoms with E-state index in [0.29, 0.717) is 18.0 Å². The summed E-state index contributed by atoms with van der Waals surface area (Å²) in [5.41, 5.74) is 2.88. The molecule has 2 N–H and O–H groups in total. The molecule has 1 aromatic carbocycles. The smallest absolute Gasteiger partial charge is 0.127 e. The number of hydrogen-bond donors (Lipinski definition) is 2. The molecule has 0 unspecified atom stereocenters. The van der Waals surface area contributed by atoms with Crippen LogP contribution in [0, 0.1) is 18.7 Å². The summed E-state index contributed by atoms with van der Waals surface area (Å²) in [4.78, 5) is 0. The summed E-state index contributed by atoms with van der Waals surface area (Å²) in [6, 6.07) is 5.21. The molecule has 0 radical (unpaired) electrons. The zero-order chi connectivity index (χ0) is 14.7. The van der Waals surface area contributed by atoms with Gasteiger partial charge in [0.2, 0.25) is 0 Å². The average Bonchev–Trinajstić information content (AvgIpc) is 3.13. The zero-order valence-corrected chi connectivity index (χ0v) is 12.1. The second kappa shape index (κ2) is 6.37. The van der Waals surface area contributed by atoms with Crippen LogP contribution in [0.15, 0.2) is 30.6 Å². The molecule has 1 fully saturated rings. The summed E-state index contributed by atoms with van der Waals surface area (Å²) in [5, 5.41) is 10.2. The maximum Gasteiger partial charge on any atom is 0.127 e. The molecular weight excluding hydrogens is 269 g/mol. The van der Waals surface area contributed by atoms with Crippen LogP contribution in [0.4, 0.5) is 4.39 Å². The minimum Gasteiger partial charge on any atom is -0.373 e. The lowest BCUT2D eigenvalue weighted by Crippen LogP contribution is -2.25. The molecule has 1 aliphatic heterocycles. The Balaban J connectivity index is 1.56. The molecule has 2 heterocycles. The van der Waals surface area contributed by atoms with Gasteiger partial charge in [-0.05, 0) is 19.4 Å². The molecule has 3 rings (SSSR count). The molecular formula is C16H20FN3O. The Morgan fingerprint density at radius 2 is 2.38 bits per heavy atom. The Labute approximate surface area is 123 Å². The summed E-state index contributed by atoms with van der Waals surface area (Å²) in [6.45, 7) is 4.09. The van der Waals surface area contributed by atoms with Crippen LogP contribution in [0.3, 0.4) is 0 Å². The molecule has 1 aliphatic rings. The van der Waals surface area contributed by atoms with Gasteiger partial charge in [0.15, 0.2) is 0 Å². The number of aromatic nitrogens is 2. The van der Waals surface area contributed by atoms with Crippen molar-refractivity contribution >= 4 is 0 Å². The van der Waals surface area contributed by atoms with Gasteiger partial charge in [0.05, 0.1) is 12.3 Å². The molecule has 0 bridgehead atoms. The number of H-pyrrole nitrogens is 1. The van der Waals surface area contributed by atoms with E-state index in [0.717, 1.165) is 30.7 Å². The van der Waals surface area contributed by atoms with E-state index in [-0.39, 0.29) is 11.9 Å². The Morgan fingerprint density at radius 1 is 1.48 bits per heavy atom. The minimum atomic E-state index is -0.151. The first-order valence-electron chi connectivity index (χ1n) is 7.30. The number of aromatic amines is 1. The molecule has 1 aromatic heterocycles. The first-order valence-corrected chi connectivity index (χ1v) is 7.30. The highest BCUT2D eigenvalue weighted by Crippen LogP contribution is 2.33. The number of rotatable bonds is 5. The summed E-state index contributed by atoms with van der Waals surface area (Å²) in [5.74, 6) is 0.248. The lowest BCUT2D eigenvalue weighted by molar-refractivity contribution is 0.0904. The molecule has 2 atom stereocenters. The SMILES string of the molecule is Cc1ccc(F)c(CNC[C@H]2CCO[C@@H]2c2cn[nH]c2)c1. The number of benzene rings is 1. The fraction of sp³-hybridized carbons (Fsp3) is 0.438. The van der Waals surface area contributed by atoms with E-state index in [1.54, 1.807) is 6.07 Å². The topological polar surface area (TPSA) is 49.9 Å². The van der Waals surface area contributed by atoms with Crippen molar-refractivity contribution in [2.45, 2.75) is 26.0 Å². The third kappa shape index (κ3) is 3.31. The third-order valence-electron chi connectivity index (χ3n) is 3.99. The van der Waals surface area contributed by atoms with Gasteiger partial charge in [-0.25, -0.2) is 4.39 Å². The lowest BCUT2D eigenvalue weighted by Gasteiger charge is -2.18. The Kier molecular flexibility index (Phi) is 4.31. The summed E-state index contributed by atoms with van der Waals surface area (Å²) in [7, 11) is 0. The third-order valence-corrected chi connectivity index (χ3v) is 3.99. The summed E-state index contributed by atoms with van der Waals surface area (Å²) in [6.07, 6.45) is 4.78. The number of ether oxygens (including phenoxy) is 1. The second-order valence-corrected chi connectivity index (χ2v) is 5.60. The Bertz CT molecular complexity index is 585. The average molecular weight is 289 g/mol. The largest absolute Gasteiger partial charge is 0.373 e. The quantitative estimate of drug-likeness (QED) is 0.890. The van der Waals surface area contributed by atoms with Crippen molar-refractivity contribution in [2.75, 3.05) is 13.2 Å². The van der Waals surface area contributed by atoms with Gasteiger partial charge in [0.25, 0.3) is 0 Å². The van der Waals surface area contributed by atoms with Gasteiger partial charge in [0, 0.05) is 42.9 Å². The predicted molar refractivity (Wildman–Crippen MR) is 78.2 cm³/mol. The van der Waals surface area contributed by atoms with E-state index < -0.39 is 0 Å². The molecule has 1 saturated heterocycles. The van der Waals surface area contributed by atoms with Crippen molar-refractivity contribution < 1.29 is 9.13 Å². The van der Waals surface area contributed by atoms with E-state index in [2.05, 4.69) is 15.5 Å². The standard InChI is InChI=1S/C16H20FN3O/c1-11-2-3-15(17)13(6-11)8-18-7-12-4-5-21-16(12)14-9-19-20-10-14/h2-3,6,9-10,12,16,18H,4-5,7-8H2,1H3,(H,19,20)/t12-,16+/m1/s1. The van der Waals surface area contributed by atoms with Crippen LogP contribution in [0.5, 0.6) is 0 Å². The Morgan fingerprint density at radius 3 is 3.19 bits per heavy atom. The molecule has 21 heavy (non-hydrogen) atoms. The number of aryl methyl sites for hydroxylation is 1. The highest BCUT2D eigenvalue weighted by molar-refractivity contribution is 5.23. The van der Waals surface area contributed by atoms with Crippen LogP contribution in [0.2, 0.25) is 0 Å². The van der Waals surface area contributed by atoms with Crippen LogP contribution in [-0.4, -0.2) is 23.3 Å². The number of hydrogen-bond acceptors (Lipinski definition) is 3. The van der Waals surface area contributed by atoms with Crippen LogP contribution in [0.25, 0.3) is 0 Å². The van der Waals surface area contributed by atoms with E-state index in [1.807, 2.05) is 25.4 Å². The number of nitrogens with one attached hydrogen (secondary N) is 2. The van der Waals surface area contributed by atoms with Crippen LogP contribution in [-0.2, 0) is 11.3 Å². The van der Waals surface area contributed by atoms with Crippen molar-refractivity contribution in [3.8, 4) is 0 Å². The monoisotopic (exact) mass is 289 g/mol. The second-order valence-electron chi connectivity index (χ2n) is 5.60. The van der Waals surface area contributed by atoms with Crippen LogP contribution < -0.4 is 5.32 Å². The first-order chi connectivity index (χ1) is 10.2. The van der Waals surface area contributed by atoms with E-state index in [1.165, 1.54) is 6.07 Å². The summed E-state index contributed by atoms with van der Waals surface area (Å²) < 4.78 is 19.5. The van der Waals surface area contributed by atoms with Gasteiger partial charge in [0.1, 0.15) is 5.82 Å². The zero-order valence-electron chi connectivity index (χ0n) is 12.1. The fourth-order valence-electron chi connectivity index (χ4n) is 2.86. The van der Waals surface area contributed by atoms with Crippen molar-refractivity contribution in [2.24, 2.45) is 5.92 Å². The van der Waals surface area contributed by atoms with E-state index in [9.17, 15) is 4.39 Å². The first kappa shape index (κ1) is 14.2. The van der Waals surface area contributed by atoms with Gasteiger partial charge in [-0.1, -0.05) is 17.7 Å². The van der Waals surface area contributed by atoms with Crippen molar-refractivity contribution in [1.82, 2.24) is 15.5 Å². The highest BCUT2D eigenvalue weighted by Gasteiger charge is 2.29. The maximum atomic E-state index is 13.7. The van der Waals surface area contributed by atoms with E-state index in [4.69, 9.17) is 4.74 Å². The highest BCUT2D eigenvalue weighted by atomic mass is 19.1. The molecule has 5 heteroatoms. The molecule has 112 valence electrons. The number of nitrogens with zero attached hydrogens (tertiary/aromatic N) is 1. The lowest BCUT2D eigenvalue weighted by atomic mass is 9.97. The number of halogens is 1. The fourth-order valence-corrected chi connectivity index (χ4v) is 2.86. The van der Waals surface area contributed by atoms with Gasteiger partial charge >= 0.3 is 0 Å². The van der Waals surface area contributed by atoms with Gasteiger partial charge < -0.3 is 10.1 Å². The van der Waals surface area contributed by atoms with Crippen molar-refractivity contribution in [3.05, 3.63) is 53.1 Å². The predicted octanol–water partition coefficient (Wildman–Crippen LogP) is 2.72. The maximum absolute atomic E-state index is 13.7. The van der Waals surface area contributed by atoms with Crippen LogP contribution >= 0.6 is 0 Å². The van der Waals surface area contributed by atoms with Crippen molar-refractivity contribution in [3.63, 3.8) is 0 Å². The molecule has 0 spiro atoms. The van der Waals surface area contributed by atoms with Crippen LogP contribution in [0.1, 0.15) is 29.2 Å². The van der Waals surface area contributed by atoms with Gasteiger partial charge in [-0.2, -0.15) is 5.10 Å².